The number of nitrogens with zero attached hydrogens (tertiary/aromatic N) is 3. The summed E-state index contributed by atoms with van der Waals surface area (Å²) in [5, 5.41) is 12.3. The van der Waals surface area contributed by atoms with Crippen molar-refractivity contribution in [2.45, 2.75) is 6.04 Å². The van der Waals surface area contributed by atoms with Gasteiger partial charge in [-0.25, -0.2) is 14.8 Å². The number of imidazole rings is 1. The normalized spacial score (nSPS) is 13.9. The number of nitrogens with one attached hydrogen (secondary N) is 2. The highest BCUT2D eigenvalue weighted by Crippen LogP contribution is 2.47. The van der Waals surface area contributed by atoms with Gasteiger partial charge >= 0.3 is 5.97 Å². The van der Waals surface area contributed by atoms with Crippen molar-refractivity contribution in [1.82, 2.24) is 25.3 Å². The van der Waals surface area contributed by atoms with E-state index in [4.69, 9.17) is 4.98 Å². The molecular formula is C26H17N5O3. The zero-order chi connectivity index (χ0) is 23.2. The summed E-state index contributed by atoms with van der Waals surface area (Å²) in [5.74, 6) is -0.837. The molecule has 0 spiro atoms. The SMILES string of the molecule is O=C(NC1c2ccccc2-c2c(-c3nc4ccncc4[nH]3)cccc21)c1ccnc(C(=O)O)c1. The molecule has 0 radical (unpaired) electrons. The predicted octanol–water partition coefficient (Wildman–Crippen LogP) is 4.22. The quantitative estimate of drug-likeness (QED) is 0.379. The number of rotatable bonds is 4. The Morgan fingerprint density at radius 2 is 1.76 bits per heavy atom. The number of aromatic carboxylic acids is 1. The molecule has 164 valence electrons. The van der Waals surface area contributed by atoms with E-state index in [0.29, 0.717) is 0 Å². The average molecular weight is 447 g/mol. The number of carboxylic acid groups (broad SMARTS) is 1. The zero-order valence-corrected chi connectivity index (χ0v) is 17.7. The van der Waals surface area contributed by atoms with Crippen LogP contribution in [0.1, 0.15) is 38.0 Å². The summed E-state index contributed by atoms with van der Waals surface area (Å²) >= 11 is 0. The third-order valence-corrected chi connectivity index (χ3v) is 6.00. The van der Waals surface area contributed by atoms with Crippen molar-refractivity contribution in [3.63, 3.8) is 0 Å². The summed E-state index contributed by atoms with van der Waals surface area (Å²) in [6, 6.07) is 18.1. The summed E-state index contributed by atoms with van der Waals surface area (Å²) in [7, 11) is 0. The number of hydrogen-bond donors (Lipinski definition) is 3. The predicted molar refractivity (Wildman–Crippen MR) is 125 cm³/mol. The molecule has 2 aromatic carbocycles. The number of amides is 1. The second kappa shape index (κ2) is 7.63. The van der Waals surface area contributed by atoms with E-state index in [2.05, 4.69) is 20.3 Å². The number of carboxylic acids is 1. The summed E-state index contributed by atoms with van der Waals surface area (Å²) in [5.41, 5.74) is 6.57. The van der Waals surface area contributed by atoms with E-state index in [1.54, 1.807) is 12.4 Å². The van der Waals surface area contributed by atoms with E-state index in [-0.39, 0.29) is 17.2 Å². The van der Waals surface area contributed by atoms with Gasteiger partial charge in [-0.05, 0) is 40.5 Å². The van der Waals surface area contributed by atoms with Crippen LogP contribution in [-0.2, 0) is 0 Å². The van der Waals surface area contributed by atoms with E-state index >= 15 is 0 Å². The number of hydrogen-bond acceptors (Lipinski definition) is 5. The maximum Gasteiger partial charge on any atom is 0.354 e. The van der Waals surface area contributed by atoms with Crippen molar-refractivity contribution < 1.29 is 14.7 Å². The number of carbonyl (C=O) groups excluding carboxylic acids is 1. The van der Waals surface area contributed by atoms with Crippen LogP contribution in [0.25, 0.3) is 33.5 Å². The molecule has 8 heteroatoms. The smallest absolute Gasteiger partial charge is 0.354 e. The number of benzene rings is 2. The van der Waals surface area contributed by atoms with Crippen molar-refractivity contribution in [1.29, 1.82) is 0 Å². The van der Waals surface area contributed by atoms with Crippen LogP contribution in [0.4, 0.5) is 0 Å². The maximum atomic E-state index is 13.1. The minimum Gasteiger partial charge on any atom is -0.477 e. The first-order chi connectivity index (χ1) is 16.6. The Morgan fingerprint density at radius 1 is 0.941 bits per heavy atom. The van der Waals surface area contributed by atoms with Gasteiger partial charge in [-0.2, -0.15) is 0 Å². The Hall–Kier alpha value is -4.85. The molecule has 3 heterocycles. The van der Waals surface area contributed by atoms with E-state index in [1.165, 1.54) is 18.3 Å². The standard InChI is InChI=1S/C26H17N5O3/c32-25(14-8-11-28-20(12-14)26(33)34)31-23-16-5-2-1-4-15(16)22-17(23)6-3-7-18(22)24-29-19-9-10-27-13-21(19)30-24/h1-13,23H,(H,29,30)(H,31,32)(H,33,34). The minimum absolute atomic E-state index is 0.179. The van der Waals surface area contributed by atoms with Gasteiger partial charge in [0.05, 0.1) is 23.3 Å². The fraction of sp³-hybridized carbons (Fsp3) is 0.0385. The van der Waals surface area contributed by atoms with Crippen LogP contribution in [-0.4, -0.2) is 36.9 Å². The molecule has 1 aliphatic carbocycles. The number of carbonyl (C=O) groups is 2. The van der Waals surface area contributed by atoms with Crippen LogP contribution in [0.3, 0.4) is 0 Å². The van der Waals surface area contributed by atoms with Gasteiger partial charge in [-0.3, -0.25) is 9.78 Å². The summed E-state index contributed by atoms with van der Waals surface area (Å²) < 4.78 is 0. The van der Waals surface area contributed by atoms with E-state index < -0.39 is 12.0 Å². The molecular weight excluding hydrogens is 430 g/mol. The lowest BCUT2D eigenvalue weighted by atomic mass is 9.98. The van der Waals surface area contributed by atoms with Gasteiger partial charge in [-0.1, -0.05) is 42.5 Å². The van der Waals surface area contributed by atoms with Crippen LogP contribution in [0.5, 0.6) is 0 Å². The minimum atomic E-state index is -1.18. The molecule has 5 aromatic rings. The molecule has 34 heavy (non-hydrogen) atoms. The molecule has 1 amide bonds. The van der Waals surface area contributed by atoms with Crippen molar-refractivity contribution >= 4 is 22.9 Å². The van der Waals surface area contributed by atoms with Crippen LogP contribution in [0, 0.1) is 0 Å². The Balaban J connectivity index is 1.45. The fourth-order valence-electron chi connectivity index (χ4n) is 4.50. The largest absolute Gasteiger partial charge is 0.477 e. The van der Waals surface area contributed by atoms with Crippen LogP contribution in [0.2, 0.25) is 0 Å². The highest BCUT2D eigenvalue weighted by molar-refractivity contribution is 5.99. The van der Waals surface area contributed by atoms with Gasteiger partial charge in [0, 0.05) is 23.5 Å². The zero-order valence-electron chi connectivity index (χ0n) is 17.7. The second-order valence-corrected chi connectivity index (χ2v) is 7.98. The van der Waals surface area contributed by atoms with Crippen molar-refractivity contribution in [2.75, 3.05) is 0 Å². The van der Waals surface area contributed by atoms with Crippen molar-refractivity contribution in [2.24, 2.45) is 0 Å². The summed E-state index contributed by atoms with van der Waals surface area (Å²) in [4.78, 5) is 40.4. The summed E-state index contributed by atoms with van der Waals surface area (Å²) in [6.07, 6.45) is 4.77. The second-order valence-electron chi connectivity index (χ2n) is 7.98. The molecule has 0 bridgehead atoms. The first-order valence-corrected chi connectivity index (χ1v) is 10.6. The lowest BCUT2D eigenvalue weighted by molar-refractivity contribution is 0.0690. The van der Waals surface area contributed by atoms with E-state index in [9.17, 15) is 14.7 Å². The molecule has 1 unspecified atom stereocenters. The Bertz CT molecular complexity index is 1570. The van der Waals surface area contributed by atoms with Crippen LogP contribution < -0.4 is 5.32 Å². The number of fused-ring (bicyclic) bond motifs is 4. The van der Waals surface area contributed by atoms with Gasteiger partial charge in [0.25, 0.3) is 5.91 Å². The number of H-pyrrole nitrogens is 1. The molecule has 0 aliphatic heterocycles. The number of aromatic amines is 1. The molecule has 3 N–H and O–H groups in total. The molecule has 0 saturated heterocycles. The van der Waals surface area contributed by atoms with Gasteiger partial charge in [0.15, 0.2) is 0 Å². The van der Waals surface area contributed by atoms with Gasteiger partial charge in [0.1, 0.15) is 11.5 Å². The monoisotopic (exact) mass is 447 g/mol. The topological polar surface area (TPSA) is 121 Å². The van der Waals surface area contributed by atoms with Crippen LogP contribution >= 0.6 is 0 Å². The maximum absolute atomic E-state index is 13.1. The van der Waals surface area contributed by atoms with Crippen molar-refractivity contribution in [3.8, 4) is 22.5 Å². The highest BCUT2D eigenvalue weighted by atomic mass is 16.4. The van der Waals surface area contributed by atoms with Gasteiger partial charge in [-0.15, -0.1) is 0 Å². The number of aromatic nitrogens is 4. The lowest BCUT2D eigenvalue weighted by Gasteiger charge is -2.16. The molecule has 3 aromatic heterocycles. The first kappa shape index (κ1) is 19.8. The number of pyridine rings is 2. The summed E-state index contributed by atoms with van der Waals surface area (Å²) in [6.45, 7) is 0. The average Bonchev–Trinajstić information content (AvgIpc) is 3.44. The van der Waals surface area contributed by atoms with Gasteiger partial charge in [0.2, 0.25) is 0 Å². The van der Waals surface area contributed by atoms with Crippen LogP contribution in [0.15, 0.2) is 79.3 Å². The van der Waals surface area contributed by atoms with Crippen molar-refractivity contribution in [3.05, 3.63) is 102 Å². The third kappa shape index (κ3) is 3.12. The van der Waals surface area contributed by atoms with E-state index in [0.717, 1.165) is 44.7 Å². The Morgan fingerprint density at radius 3 is 2.62 bits per heavy atom. The third-order valence-electron chi connectivity index (χ3n) is 6.00. The molecule has 6 rings (SSSR count). The van der Waals surface area contributed by atoms with E-state index in [1.807, 2.05) is 48.5 Å². The molecule has 1 atom stereocenters. The highest BCUT2D eigenvalue weighted by Gasteiger charge is 2.32. The molecule has 8 nitrogen and oxygen atoms in total. The first-order valence-electron chi connectivity index (χ1n) is 10.6. The molecule has 0 saturated carbocycles. The molecule has 0 fully saturated rings. The Labute approximate surface area is 193 Å². The Kier molecular flexibility index (Phi) is 4.44. The molecule has 1 aliphatic rings. The fourth-order valence-corrected chi connectivity index (χ4v) is 4.50. The van der Waals surface area contributed by atoms with Gasteiger partial charge < -0.3 is 15.4 Å². The lowest BCUT2D eigenvalue weighted by Crippen LogP contribution is -2.28.